The third kappa shape index (κ3) is 4.84. The highest BCUT2D eigenvalue weighted by molar-refractivity contribution is 5.94. The molecule has 2 aromatic carbocycles. The number of ether oxygens (including phenoxy) is 2. The maximum Gasteiger partial charge on any atom is 0.347 e. The number of benzene rings is 2. The van der Waals surface area contributed by atoms with E-state index in [4.69, 9.17) is 9.47 Å². The highest BCUT2D eigenvalue weighted by Gasteiger charge is 2.14. The average Bonchev–Trinajstić information content (AvgIpc) is 2.61. The van der Waals surface area contributed by atoms with Crippen molar-refractivity contribution in [3.8, 4) is 11.5 Å². The van der Waals surface area contributed by atoms with Crippen LogP contribution in [0.5, 0.6) is 11.5 Å². The number of carbonyl (C=O) groups excluding carboxylic acids is 2. The molecule has 0 saturated carbocycles. The van der Waals surface area contributed by atoms with Crippen molar-refractivity contribution in [2.45, 2.75) is 26.7 Å². The first-order valence-corrected chi connectivity index (χ1v) is 7.98. The summed E-state index contributed by atoms with van der Waals surface area (Å²) >= 11 is 0. The maximum absolute atomic E-state index is 12.3. The Labute approximate surface area is 141 Å². The van der Waals surface area contributed by atoms with E-state index in [0.29, 0.717) is 35.8 Å². The quantitative estimate of drug-likeness (QED) is 0.615. The molecule has 0 radical (unpaired) electrons. The molecule has 5 heteroatoms. The van der Waals surface area contributed by atoms with Crippen LogP contribution in [0.4, 0.5) is 5.69 Å². The number of rotatable bonds is 7. The predicted molar refractivity (Wildman–Crippen MR) is 92.5 cm³/mol. The van der Waals surface area contributed by atoms with Crippen molar-refractivity contribution in [2.75, 3.05) is 11.9 Å². The number of anilines is 1. The van der Waals surface area contributed by atoms with Crippen LogP contribution in [0.15, 0.2) is 48.5 Å². The first-order chi connectivity index (χ1) is 11.6. The summed E-state index contributed by atoms with van der Waals surface area (Å²) in [4.78, 5) is 23.7. The molecular formula is C19H21NO4. The van der Waals surface area contributed by atoms with E-state index in [1.54, 1.807) is 49.4 Å². The lowest BCUT2D eigenvalue weighted by Gasteiger charge is -2.11. The Bertz CT molecular complexity index is 695. The van der Waals surface area contributed by atoms with E-state index < -0.39 is 5.97 Å². The van der Waals surface area contributed by atoms with E-state index in [1.165, 1.54) is 0 Å². The van der Waals surface area contributed by atoms with Gasteiger partial charge in [0.05, 0.1) is 6.61 Å². The van der Waals surface area contributed by atoms with Gasteiger partial charge in [0.2, 0.25) is 5.91 Å². The summed E-state index contributed by atoms with van der Waals surface area (Å²) in [6.45, 7) is 4.32. The average molecular weight is 327 g/mol. The Morgan fingerprint density at radius 2 is 1.71 bits per heavy atom. The van der Waals surface area contributed by atoms with Gasteiger partial charge in [0.15, 0.2) is 0 Å². The molecule has 0 bridgehead atoms. The smallest absolute Gasteiger partial charge is 0.347 e. The van der Waals surface area contributed by atoms with Crippen LogP contribution in [0.2, 0.25) is 0 Å². The monoisotopic (exact) mass is 327 g/mol. The zero-order valence-electron chi connectivity index (χ0n) is 13.9. The molecule has 2 aromatic rings. The van der Waals surface area contributed by atoms with Crippen LogP contribution in [0.3, 0.4) is 0 Å². The standard InChI is InChI=1S/C19H21NO4/c1-3-13-23-17-8-6-5-7-16(17)19(22)24-15-11-9-14(10-12-15)20-18(21)4-2/h5-12H,3-4,13H2,1-2H3,(H,20,21). The number of hydrogen-bond acceptors (Lipinski definition) is 4. The highest BCUT2D eigenvalue weighted by atomic mass is 16.5. The topological polar surface area (TPSA) is 64.6 Å². The fraction of sp³-hybridized carbons (Fsp3) is 0.263. The second-order valence-electron chi connectivity index (χ2n) is 5.16. The van der Waals surface area contributed by atoms with Crippen molar-refractivity contribution >= 4 is 17.6 Å². The van der Waals surface area contributed by atoms with Crippen LogP contribution < -0.4 is 14.8 Å². The molecule has 0 saturated heterocycles. The summed E-state index contributed by atoms with van der Waals surface area (Å²) in [5.41, 5.74) is 1.04. The number of carbonyl (C=O) groups is 2. The van der Waals surface area contributed by atoms with Crippen LogP contribution in [-0.2, 0) is 4.79 Å². The van der Waals surface area contributed by atoms with Gasteiger partial charge in [-0.15, -0.1) is 0 Å². The van der Waals surface area contributed by atoms with Crippen LogP contribution in [-0.4, -0.2) is 18.5 Å². The molecule has 0 heterocycles. The van der Waals surface area contributed by atoms with E-state index in [1.807, 2.05) is 13.0 Å². The van der Waals surface area contributed by atoms with E-state index >= 15 is 0 Å². The van der Waals surface area contributed by atoms with Crippen molar-refractivity contribution < 1.29 is 19.1 Å². The Kier molecular flexibility index (Phi) is 6.37. The van der Waals surface area contributed by atoms with Gasteiger partial charge in [0.1, 0.15) is 17.1 Å². The Balaban J connectivity index is 2.06. The number of esters is 1. The summed E-state index contributed by atoms with van der Waals surface area (Å²) in [7, 11) is 0. The molecule has 0 atom stereocenters. The highest BCUT2D eigenvalue weighted by Crippen LogP contribution is 2.22. The predicted octanol–water partition coefficient (Wildman–Crippen LogP) is 4.04. The molecule has 1 amide bonds. The third-order valence-corrected chi connectivity index (χ3v) is 3.24. The molecule has 126 valence electrons. The van der Waals surface area contributed by atoms with Crippen LogP contribution in [0.25, 0.3) is 0 Å². The second kappa shape index (κ2) is 8.72. The Hall–Kier alpha value is -2.82. The molecular weight excluding hydrogens is 306 g/mol. The van der Waals surface area contributed by atoms with Crippen molar-refractivity contribution in [1.29, 1.82) is 0 Å². The summed E-state index contributed by atoms with van der Waals surface area (Å²) in [5, 5.41) is 2.74. The molecule has 0 aliphatic heterocycles. The van der Waals surface area contributed by atoms with E-state index in [0.717, 1.165) is 6.42 Å². The summed E-state index contributed by atoms with van der Waals surface area (Å²) in [6, 6.07) is 13.6. The van der Waals surface area contributed by atoms with Crippen molar-refractivity contribution in [3.63, 3.8) is 0 Å². The van der Waals surface area contributed by atoms with Gasteiger partial charge in [-0.25, -0.2) is 4.79 Å². The fourth-order valence-corrected chi connectivity index (χ4v) is 1.99. The Morgan fingerprint density at radius 3 is 2.38 bits per heavy atom. The van der Waals surface area contributed by atoms with Gasteiger partial charge in [-0.1, -0.05) is 26.0 Å². The lowest BCUT2D eigenvalue weighted by molar-refractivity contribution is -0.115. The maximum atomic E-state index is 12.3. The molecule has 0 aliphatic rings. The lowest BCUT2D eigenvalue weighted by Crippen LogP contribution is -2.11. The van der Waals surface area contributed by atoms with Gasteiger partial charge in [-0.05, 0) is 42.8 Å². The molecule has 0 aliphatic carbocycles. The number of nitrogens with one attached hydrogen (secondary N) is 1. The molecule has 0 aromatic heterocycles. The molecule has 0 fully saturated rings. The molecule has 2 rings (SSSR count). The third-order valence-electron chi connectivity index (χ3n) is 3.24. The van der Waals surface area contributed by atoms with Crippen LogP contribution in [0.1, 0.15) is 37.0 Å². The van der Waals surface area contributed by atoms with Gasteiger partial charge < -0.3 is 14.8 Å². The second-order valence-corrected chi connectivity index (χ2v) is 5.16. The summed E-state index contributed by atoms with van der Waals surface area (Å²) in [5.74, 6) is 0.366. The number of amides is 1. The van der Waals surface area contributed by atoms with E-state index in [2.05, 4.69) is 5.32 Å². The van der Waals surface area contributed by atoms with Gasteiger partial charge in [-0.3, -0.25) is 4.79 Å². The molecule has 0 spiro atoms. The van der Waals surface area contributed by atoms with Crippen LogP contribution >= 0.6 is 0 Å². The normalized spacial score (nSPS) is 10.1. The minimum absolute atomic E-state index is 0.0678. The van der Waals surface area contributed by atoms with Crippen molar-refractivity contribution in [3.05, 3.63) is 54.1 Å². The van der Waals surface area contributed by atoms with Gasteiger partial charge >= 0.3 is 5.97 Å². The first-order valence-electron chi connectivity index (χ1n) is 7.98. The lowest BCUT2D eigenvalue weighted by atomic mass is 10.2. The van der Waals surface area contributed by atoms with Crippen molar-refractivity contribution in [2.24, 2.45) is 0 Å². The van der Waals surface area contributed by atoms with E-state index in [9.17, 15) is 9.59 Å². The molecule has 24 heavy (non-hydrogen) atoms. The largest absolute Gasteiger partial charge is 0.493 e. The van der Waals surface area contributed by atoms with Crippen LogP contribution in [0, 0.1) is 0 Å². The van der Waals surface area contributed by atoms with Gasteiger partial charge in [0.25, 0.3) is 0 Å². The minimum Gasteiger partial charge on any atom is -0.493 e. The Morgan fingerprint density at radius 1 is 1.00 bits per heavy atom. The van der Waals surface area contributed by atoms with Crippen molar-refractivity contribution in [1.82, 2.24) is 0 Å². The fourth-order valence-electron chi connectivity index (χ4n) is 1.99. The number of para-hydroxylation sites is 1. The molecule has 1 N–H and O–H groups in total. The molecule has 0 unspecified atom stereocenters. The summed E-state index contributed by atoms with van der Waals surface area (Å²) in [6.07, 6.45) is 1.26. The molecule has 5 nitrogen and oxygen atoms in total. The first kappa shape index (κ1) is 17.5. The number of hydrogen-bond donors (Lipinski definition) is 1. The summed E-state index contributed by atoms with van der Waals surface area (Å²) < 4.78 is 10.9. The zero-order valence-corrected chi connectivity index (χ0v) is 13.9. The SMILES string of the molecule is CCCOc1ccccc1C(=O)Oc1ccc(NC(=O)CC)cc1. The minimum atomic E-state index is -0.480. The van der Waals surface area contributed by atoms with Gasteiger partial charge in [-0.2, -0.15) is 0 Å². The van der Waals surface area contributed by atoms with E-state index in [-0.39, 0.29) is 5.91 Å². The van der Waals surface area contributed by atoms with Gasteiger partial charge in [0, 0.05) is 12.1 Å². The zero-order chi connectivity index (χ0) is 17.4.